The van der Waals surface area contributed by atoms with Gasteiger partial charge in [0.15, 0.2) is 0 Å². The number of nitro groups is 1. The van der Waals surface area contributed by atoms with Crippen LogP contribution in [0.1, 0.15) is 22.7 Å². The fraction of sp³-hybridized carbons (Fsp3) is 0.167. The first-order chi connectivity index (χ1) is 15.3. The highest BCUT2D eigenvalue weighted by atomic mass is 16.6. The minimum absolute atomic E-state index is 0.0658. The van der Waals surface area contributed by atoms with E-state index in [-0.39, 0.29) is 23.6 Å². The molecule has 3 rings (SSSR count). The zero-order valence-electron chi connectivity index (χ0n) is 17.5. The number of aryl methyl sites for hydroxylation is 1. The summed E-state index contributed by atoms with van der Waals surface area (Å²) in [5, 5.41) is 22.1. The molecule has 2 aromatic rings. The number of benzene rings is 2. The van der Waals surface area contributed by atoms with Crippen molar-refractivity contribution in [3.63, 3.8) is 0 Å². The van der Waals surface area contributed by atoms with Crippen molar-refractivity contribution in [2.45, 2.75) is 13.0 Å². The number of ether oxygens (including phenoxy) is 1. The maximum atomic E-state index is 12.9. The molecule has 0 aromatic heterocycles. The number of hydrogen-bond donors (Lipinski definition) is 1. The number of carbonyl (C=O) groups is 2. The van der Waals surface area contributed by atoms with E-state index in [1.165, 1.54) is 35.2 Å². The van der Waals surface area contributed by atoms with E-state index in [2.05, 4.69) is 13.2 Å². The summed E-state index contributed by atoms with van der Waals surface area (Å²) in [4.78, 5) is 37.3. The summed E-state index contributed by atoms with van der Waals surface area (Å²) in [7, 11) is 0. The van der Waals surface area contributed by atoms with Crippen molar-refractivity contribution in [1.82, 2.24) is 4.90 Å². The van der Waals surface area contributed by atoms with E-state index in [9.17, 15) is 24.8 Å². The third kappa shape index (κ3) is 4.15. The van der Waals surface area contributed by atoms with Gasteiger partial charge in [0.25, 0.3) is 17.4 Å². The number of nitro benzene ring substituents is 1. The summed E-state index contributed by atoms with van der Waals surface area (Å²) < 4.78 is 5.49. The van der Waals surface area contributed by atoms with Crippen LogP contribution in [0.2, 0.25) is 0 Å². The fourth-order valence-electron chi connectivity index (χ4n) is 3.62. The third-order valence-electron chi connectivity index (χ3n) is 5.11. The Hall–Kier alpha value is -4.20. The van der Waals surface area contributed by atoms with Crippen molar-refractivity contribution in [2.75, 3.05) is 13.2 Å². The summed E-state index contributed by atoms with van der Waals surface area (Å²) in [6, 6.07) is 9.57. The van der Waals surface area contributed by atoms with Crippen LogP contribution in [0.5, 0.6) is 5.75 Å². The van der Waals surface area contributed by atoms with E-state index >= 15 is 0 Å². The number of likely N-dealkylation sites (tertiary alicyclic amines) is 1. The van der Waals surface area contributed by atoms with Crippen molar-refractivity contribution < 1.29 is 24.4 Å². The van der Waals surface area contributed by atoms with Gasteiger partial charge in [-0.3, -0.25) is 19.7 Å². The number of nitrogens with zero attached hydrogens (tertiary/aromatic N) is 2. The largest absolute Gasteiger partial charge is 0.507 e. The molecule has 1 amide bonds. The predicted octanol–water partition coefficient (Wildman–Crippen LogP) is 4.08. The number of aliphatic hydroxyl groups excluding tert-OH is 1. The molecule has 0 unspecified atom stereocenters. The van der Waals surface area contributed by atoms with Crippen LogP contribution in [0, 0.1) is 17.0 Å². The van der Waals surface area contributed by atoms with Crippen LogP contribution in [0.25, 0.3) is 5.76 Å². The minimum Gasteiger partial charge on any atom is -0.507 e. The number of non-ortho nitro benzene ring substituents is 1. The number of rotatable bonds is 8. The van der Waals surface area contributed by atoms with Crippen LogP contribution in [-0.2, 0) is 9.59 Å². The summed E-state index contributed by atoms with van der Waals surface area (Å²) >= 11 is 0. The number of amides is 1. The zero-order valence-corrected chi connectivity index (χ0v) is 17.5. The van der Waals surface area contributed by atoms with E-state index < -0.39 is 22.7 Å². The van der Waals surface area contributed by atoms with Crippen molar-refractivity contribution in [1.29, 1.82) is 0 Å². The molecular formula is C24H22N2O6. The van der Waals surface area contributed by atoms with Crippen molar-refractivity contribution >= 4 is 23.1 Å². The zero-order chi connectivity index (χ0) is 23.4. The minimum atomic E-state index is -0.912. The molecule has 1 heterocycles. The fourth-order valence-corrected chi connectivity index (χ4v) is 3.62. The Morgan fingerprint density at radius 3 is 2.44 bits per heavy atom. The Balaban J connectivity index is 2.13. The molecule has 164 valence electrons. The van der Waals surface area contributed by atoms with Crippen LogP contribution in [-0.4, -0.2) is 39.8 Å². The van der Waals surface area contributed by atoms with Gasteiger partial charge in [-0.25, -0.2) is 0 Å². The molecule has 8 heteroatoms. The number of aliphatic hydroxyl groups is 1. The van der Waals surface area contributed by atoms with Gasteiger partial charge in [-0.2, -0.15) is 0 Å². The number of hydrogen-bond acceptors (Lipinski definition) is 6. The van der Waals surface area contributed by atoms with Crippen LogP contribution in [0.4, 0.5) is 5.69 Å². The molecule has 0 saturated carbocycles. The second-order valence-electron chi connectivity index (χ2n) is 7.17. The third-order valence-corrected chi connectivity index (χ3v) is 5.11. The van der Waals surface area contributed by atoms with Crippen molar-refractivity contribution in [2.24, 2.45) is 0 Å². The monoisotopic (exact) mass is 434 g/mol. The van der Waals surface area contributed by atoms with Gasteiger partial charge >= 0.3 is 0 Å². The molecular weight excluding hydrogens is 412 g/mol. The van der Waals surface area contributed by atoms with Gasteiger partial charge in [0.05, 0.1) is 16.5 Å². The molecule has 1 N–H and O–H groups in total. The maximum Gasteiger partial charge on any atom is 0.295 e. The molecule has 1 fully saturated rings. The Labute approximate surface area is 184 Å². The number of Topliss-reactive ketones (excluding diaryl/α,β-unsaturated/α-hetero) is 1. The second-order valence-corrected chi connectivity index (χ2v) is 7.17. The quantitative estimate of drug-likeness (QED) is 0.167. The van der Waals surface area contributed by atoms with Gasteiger partial charge in [0.2, 0.25) is 0 Å². The van der Waals surface area contributed by atoms with Crippen LogP contribution in [0.3, 0.4) is 0 Å². The Bertz CT molecular complexity index is 1130. The lowest BCUT2D eigenvalue weighted by molar-refractivity contribution is -0.384. The first-order valence-electron chi connectivity index (χ1n) is 9.78. The number of ketones is 1. The van der Waals surface area contributed by atoms with Gasteiger partial charge in [0.1, 0.15) is 18.1 Å². The Morgan fingerprint density at radius 1 is 1.19 bits per heavy atom. The first-order valence-corrected chi connectivity index (χ1v) is 9.78. The maximum absolute atomic E-state index is 12.9. The Kier molecular flexibility index (Phi) is 6.53. The number of carbonyl (C=O) groups excluding carboxylic acids is 2. The molecule has 0 radical (unpaired) electrons. The summed E-state index contributed by atoms with van der Waals surface area (Å²) in [6.07, 6.45) is 3.08. The van der Waals surface area contributed by atoms with Gasteiger partial charge < -0.3 is 14.7 Å². The van der Waals surface area contributed by atoms with Crippen LogP contribution >= 0.6 is 0 Å². The Morgan fingerprint density at radius 2 is 1.88 bits per heavy atom. The molecule has 1 atom stereocenters. The molecule has 8 nitrogen and oxygen atoms in total. The summed E-state index contributed by atoms with van der Waals surface area (Å²) in [6.45, 7) is 9.36. The molecule has 1 aliphatic heterocycles. The molecule has 0 bridgehead atoms. The molecule has 0 aliphatic carbocycles. The van der Waals surface area contributed by atoms with E-state index in [0.29, 0.717) is 29.0 Å². The molecule has 1 aliphatic rings. The van der Waals surface area contributed by atoms with Crippen molar-refractivity contribution in [3.8, 4) is 5.75 Å². The van der Waals surface area contributed by atoms with Gasteiger partial charge in [-0.15, -0.1) is 6.58 Å². The second kappa shape index (κ2) is 9.30. The highest BCUT2D eigenvalue weighted by molar-refractivity contribution is 6.46. The van der Waals surface area contributed by atoms with Gasteiger partial charge in [-0.05, 0) is 48.4 Å². The molecule has 0 spiro atoms. The lowest BCUT2D eigenvalue weighted by Crippen LogP contribution is -2.29. The van der Waals surface area contributed by atoms with Crippen molar-refractivity contribution in [3.05, 3.63) is 100 Å². The predicted molar refractivity (Wildman–Crippen MR) is 119 cm³/mol. The highest BCUT2D eigenvalue weighted by Crippen LogP contribution is 2.40. The molecule has 32 heavy (non-hydrogen) atoms. The highest BCUT2D eigenvalue weighted by Gasteiger charge is 2.45. The van der Waals surface area contributed by atoms with Gasteiger partial charge in [-0.1, -0.05) is 18.7 Å². The topological polar surface area (TPSA) is 110 Å². The van der Waals surface area contributed by atoms with Gasteiger partial charge in [0, 0.05) is 24.2 Å². The lowest BCUT2D eigenvalue weighted by atomic mass is 9.93. The summed E-state index contributed by atoms with van der Waals surface area (Å²) in [5.41, 5.74) is 1.26. The summed E-state index contributed by atoms with van der Waals surface area (Å²) in [5.74, 6) is -1.37. The average molecular weight is 434 g/mol. The molecule has 1 saturated heterocycles. The van der Waals surface area contributed by atoms with E-state index in [1.807, 2.05) is 0 Å². The normalized spacial score (nSPS) is 17.3. The van der Waals surface area contributed by atoms with E-state index in [4.69, 9.17) is 4.74 Å². The standard InChI is InChI=1S/C24H22N2O6/c1-4-12-25-21(16-6-8-17(9-7-16)26(30)31)20(23(28)24(25)29)22(27)19-11-10-18(14-15(19)3)32-13-5-2/h4-11,14,21,27H,1-2,12-13H2,3H3/t21-/m0/s1. The SMILES string of the molecule is C=CCOc1ccc(C(O)=C2C(=O)C(=O)N(CC=C)[C@H]2c2ccc([N+](=O)[O-])cc2)c(C)c1. The van der Waals surface area contributed by atoms with E-state index in [1.54, 1.807) is 31.2 Å². The molecule has 2 aromatic carbocycles. The lowest BCUT2D eigenvalue weighted by Gasteiger charge is -2.24. The first kappa shape index (κ1) is 22.5. The van der Waals surface area contributed by atoms with Crippen LogP contribution in [0.15, 0.2) is 73.3 Å². The van der Waals surface area contributed by atoms with Crippen LogP contribution < -0.4 is 4.74 Å². The van der Waals surface area contributed by atoms with E-state index in [0.717, 1.165) is 0 Å². The smallest absolute Gasteiger partial charge is 0.295 e. The average Bonchev–Trinajstić information content (AvgIpc) is 3.02.